The van der Waals surface area contributed by atoms with Gasteiger partial charge in [0.2, 0.25) is 5.91 Å². The largest absolute Gasteiger partial charge is 0.466 e. The zero-order valence-corrected chi connectivity index (χ0v) is 24.6. The van der Waals surface area contributed by atoms with Gasteiger partial charge >= 0.3 is 5.97 Å². The summed E-state index contributed by atoms with van der Waals surface area (Å²) in [6, 6.07) is 10.5. The SMILES string of the molecule is CCOC(=O)CCCCCCNC1CCN(c2ccc3nc(-c4ccc(C)c(NC(=O)C(C)(C)C)c4)cn3n2)C1. The van der Waals surface area contributed by atoms with Crippen molar-refractivity contribution in [3.05, 3.63) is 42.1 Å². The third kappa shape index (κ3) is 7.81. The van der Waals surface area contributed by atoms with Crippen LogP contribution >= 0.6 is 0 Å². The first-order chi connectivity index (χ1) is 19.1. The van der Waals surface area contributed by atoms with E-state index in [-0.39, 0.29) is 11.9 Å². The predicted octanol–water partition coefficient (Wildman–Crippen LogP) is 5.37. The minimum Gasteiger partial charge on any atom is -0.466 e. The molecule has 9 heteroatoms. The number of carbonyl (C=O) groups is 2. The summed E-state index contributed by atoms with van der Waals surface area (Å²) < 4.78 is 6.82. The smallest absolute Gasteiger partial charge is 0.305 e. The summed E-state index contributed by atoms with van der Waals surface area (Å²) >= 11 is 0. The molecule has 1 atom stereocenters. The number of hydrogen-bond donors (Lipinski definition) is 2. The minimum atomic E-state index is -0.470. The Morgan fingerprint density at radius 1 is 1.10 bits per heavy atom. The second kappa shape index (κ2) is 13.3. The molecule has 2 aromatic heterocycles. The van der Waals surface area contributed by atoms with E-state index in [1.807, 2.05) is 75.7 Å². The normalized spacial score (nSPS) is 15.5. The van der Waals surface area contributed by atoms with Crippen molar-refractivity contribution in [3.8, 4) is 11.3 Å². The van der Waals surface area contributed by atoms with E-state index in [0.29, 0.717) is 19.1 Å². The van der Waals surface area contributed by atoms with Gasteiger partial charge in [-0.3, -0.25) is 9.59 Å². The first kappa shape index (κ1) is 29.5. The molecule has 0 bridgehead atoms. The number of aryl methyl sites for hydroxylation is 1. The van der Waals surface area contributed by atoms with Crippen LogP contribution in [-0.4, -0.2) is 58.8 Å². The number of carbonyl (C=O) groups excluding carboxylic acids is 2. The molecule has 3 aromatic rings. The Morgan fingerprint density at radius 2 is 1.90 bits per heavy atom. The number of amides is 1. The van der Waals surface area contributed by atoms with E-state index in [1.54, 1.807) is 0 Å². The van der Waals surface area contributed by atoms with Gasteiger partial charge in [0.05, 0.1) is 18.5 Å². The Labute approximate surface area is 237 Å². The summed E-state index contributed by atoms with van der Waals surface area (Å²) in [5, 5.41) is 11.6. The summed E-state index contributed by atoms with van der Waals surface area (Å²) in [4.78, 5) is 31.1. The molecule has 2 N–H and O–H groups in total. The molecule has 1 aliphatic rings. The molecule has 4 rings (SSSR count). The molecule has 1 fully saturated rings. The number of aromatic nitrogens is 3. The number of anilines is 2. The van der Waals surface area contributed by atoms with Crippen molar-refractivity contribution in [1.29, 1.82) is 0 Å². The van der Waals surface area contributed by atoms with Gasteiger partial charge in [0.15, 0.2) is 5.65 Å². The minimum absolute atomic E-state index is 0.0153. The van der Waals surface area contributed by atoms with Gasteiger partial charge in [-0.2, -0.15) is 0 Å². The molecule has 0 saturated carbocycles. The van der Waals surface area contributed by atoms with E-state index in [4.69, 9.17) is 14.8 Å². The van der Waals surface area contributed by atoms with Crippen LogP contribution in [0, 0.1) is 12.3 Å². The molecule has 1 amide bonds. The highest BCUT2D eigenvalue weighted by molar-refractivity contribution is 5.95. The topological polar surface area (TPSA) is 101 Å². The molecule has 1 aliphatic heterocycles. The van der Waals surface area contributed by atoms with Crippen LogP contribution in [0.15, 0.2) is 36.5 Å². The van der Waals surface area contributed by atoms with Gasteiger partial charge in [-0.1, -0.05) is 45.7 Å². The molecule has 0 spiro atoms. The average molecular weight is 549 g/mol. The second-order valence-electron chi connectivity index (χ2n) is 11.7. The van der Waals surface area contributed by atoms with Gasteiger partial charge in [0.25, 0.3) is 0 Å². The molecule has 1 saturated heterocycles. The van der Waals surface area contributed by atoms with Crippen molar-refractivity contribution in [2.75, 3.05) is 36.5 Å². The van der Waals surface area contributed by atoms with Crippen LogP contribution in [0.4, 0.5) is 11.5 Å². The molecule has 0 radical (unpaired) electrons. The fourth-order valence-corrected chi connectivity index (χ4v) is 4.83. The lowest BCUT2D eigenvalue weighted by atomic mass is 9.95. The number of ether oxygens (including phenoxy) is 1. The van der Waals surface area contributed by atoms with Crippen LogP contribution < -0.4 is 15.5 Å². The number of rotatable bonds is 12. The Hall–Kier alpha value is -3.46. The Bertz CT molecular complexity index is 1310. The Kier molecular flexibility index (Phi) is 9.79. The molecule has 40 heavy (non-hydrogen) atoms. The molecule has 1 aromatic carbocycles. The molecule has 9 nitrogen and oxygen atoms in total. The summed E-state index contributed by atoms with van der Waals surface area (Å²) in [6.07, 6.45) is 7.76. The van der Waals surface area contributed by atoms with Crippen LogP contribution in [0.3, 0.4) is 0 Å². The maximum Gasteiger partial charge on any atom is 0.305 e. The van der Waals surface area contributed by atoms with Gasteiger partial charge < -0.3 is 20.3 Å². The number of hydrogen-bond acceptors (Lipinski definition) is 7. The first-order valence-electron chi connectivity index (χ1n) is 14.6. The average Bonchev–Trinajstić information content (AvgIpc) is 3.56. The van der Waals surface area contributed by atoms with Crippen molar-refractivity contribution in [1.82, 2.24) is 19.9 Å². The number of nitrogens with one attached hydrogen (secondary N) is 2. The summed E-state index contributed by atoms with van der Waals surface area (Å²) in [5.74, 6) is 0.844. The van der Waals surface area contributed by atoms with Gasteiger partial charge in [-0.05, 0) is 63.4 Å². The van der Waals surface area contributed by atoms with Crippen molar-refractivity contribution >= 4 is 29.0 Å². The zero-order valence-electron chi connectivity index (χ0n) is 24.6. The molecule has 0 aliphatic carbocycles. The van der Waals surface area contributed by atoms with Gasteiger partial charge in [-0.25, -0.2) is 9.50 Å². The third-order valence-corrected chi connectivity index (χ3v) is 7.33. The van der Waals surface area contributed by atoms with E-state index in [1.165, 1.54) is 0 Å². The van der Waals surface area contributed by atoms with Crippen LogP contribution in [-0.2, 0) is 14.3 Å². The summed E-state index contributed by atoms with van der Waals surface area (Å²) in [7, 11) is 0. The van der Waals surface area contributed by atoms with Gasteiger partial charge in [0.1, 0.15) is 5.82 Å². The highest BCUT2D eigenvalue weighted by Gasteiger charge is 2.24. The quantitative estimate of drug-likeness (QED) is 0.232. The van der Waals surface area contributed by atoms with Crippen molar-refractivity contribution < 1.29 is 14.3 Å². The van der Waals surface area contributed by atoms with Crippen molar-refractivity contribution in [2.24, 2.45) is 5.41 Å². The molecule has 216 valence electrons. The molecular formula is C31H44N6O3. The van der Waals surface area contributed by atoms with Crippen LogP contribution in [0.5, 0.6) is 0 Å². The van der Waals surface area contributed by atoms with Crippen molar-refractivity contribution in [3.63, 3.8) is 0 Å². The molecule has 3 heterocycles. The van der Waals surface area contributed by atoms with Crippen LogP contribution in [0.1, 0.15) is 71.8 Å². The highest BCUT2D eigenvalue weighted by atomic mass is 16.5. The lowest BCUT2D eigenvalue weighted by molar-refractivity contribution is -0.143. The van der Waals surface area contributed by atoms with E-state index in [0.717, 1.165) is 85.7 Å². The number of fused-ring (bicyclic) bond motifs is 1. The number of unbranched alkanes of at least 4 members (excludes halogenated alkanes) is 3. The number of imidazole rings is 1. The number of nitrogens with zero attached hydrogens (tertiary/aromatic N) is 4. The monoisotopic (exact) mass is 548 g/mol. The fourth-order valence-electron chi connectivity index (χ4n) is 4.83. The molecular weight excluding hydrogens is 504 g/mol. The zero-order chi connectivity index (χ0) is 28.7. The third-order valence-electron chi connectivity index (χ3n) is 7.33. The van der Waals surface area contributed by atoms with Crippen molar-refractivity contribution in [2.45, 2.75) is 79.2 Å². The standard InChI is InChI=1S/C31H44N6O3/c1-6-40-29(38)11-9-7-8-10-17-32-24-16-18-36(20-24)28-15-14-27-33-26(21-37(27)35-28)23-13-12-22(2)25(19-23)34-30(39)31(3,4)5/h12-15,19,21,24,32H,6-11,16-18,20H2,1-5H3,(H,34,39). The lowest BCUT2D eigenvalue weighted by Crippen LogP contribution is -2.33. The maximum atomic E-state index is 12.5. The van der Waals surface area contributed by atoms with E-state index >= 15 is 0 Å². The predicted molar refractivity (Wildman–Crippen MR) is 160 cm³/mol. The number of esters is 1. The number of benzene rings is 1. The van der Waals surface area contributed by atoms with E-state index in [9.17, 15) is 9.59 Å². The van der Waals surface area contributed by atoms with Gasteiger partial charge in [-0.15, -0.1) is 5.10 Å². The summed E-state index contributed by atoms with van der Waals surface area (Å²) in [6.45, 7) is 12.9. The second-order valence-corrected chi connectivity index (χ2v) is 11.7. The van der Waals surface area contributed by atoms with Crippen LogP contribution in [0.25, 0.3) is 16.9 Å². The molecule has 1 unspecified atom stereocenters. The van der Waals surface area contributed by atoms with E-state index < -0.39 is 5.41 Å². The highest BCUT2D eigenvalue weighted by Crippen LogP contribution is 2.27. The first-order valence-corrected chi connectivity index (χ1v) is 14.6. The fraction of sp³-hybridized carbons (Fsp3) is 0.548. The Balaban J connectivity index is 1.30. The van der Waals surface area contributed by atoms with Gasteiger partial charge in [0, 0.05) is 42.2 Å². The maximum absolute atomic E-state index is 12.5. The Morgan fingerprint density at radius 3 is 2.67 bits per heavy atom. The van der Waals surface area contributed by atoms with E-state index in [2.05, 4.69) is 15.5 Å². The van der Waals surface area contributed by atoms with Crippen LogP contribution in [0.2, 0.25) is 0 Å². The summed E-state index contributed by atoms with van der Waals surface area (Å²) in [5.41, 5.74) is 3.89. The lowest BCUT2D eigenvalue weighted by Gasteiger charge is -2.19.